The Labute approximate surface area is 110 Å². The molecular weight excluding hydrogens is 284 g/mol. The van der Waals surface area contributed by atoms with Gasteiger partial charge in [-0.3, -0.25) is 4.79 Å². The molecule has 5 heteroatoms. The molecule has 0 aliphatic heterocycles. The van der Waals surface area contributed by atoms with Gasteiger partial charge in [-0.25, -0.2) is 0 Å². The molecule has 1 heterocycles. The number of amides is 1. The number of hydrogen-bond donors (Lipinski definition) is 1. The van der Waals surface area contributed by atoms with Crippen molar-refractivity contribution in [3.05, 3.63) is 22.6 Å². The van der Waals surface area contributed by atoms with Gasteiger partial charge in [-0.2, -0.15) is 0 Å². The summed E-state index contributed by atoms with van der Waals surface area (Å²) in [6.45, 7) is 4.55. The van der Waals surface area contributed by atoms with E-state index in [4.69, 9.17) is 10.2 Å². The van der Waals surface area contributed by atoms with Crippen molar-refractivity contribution in [3.8, 4) is 0 Å². The second kappa shape index (κ2) is 6.21. The van der Waals surface area contributed by atoms with Crippen LogP contribution in [0.2, 0.25) is 0 Å². The van der Waals surface area contributed by atoms with Crippen molar-refractivity contribution in [2.45, 2.75) is 32.9 Å². The second-order valence-electron chi connectivity index (χ2n) is 4.64. The number of nitrogens with two attached hydrogens (primary N) is 1. The van der Waals surface area contributed by atoms with Crippen molar-refractivity contribution in [1.82, 2.24) is 4.90 Å². The van der Waals surface area contributed by atoms with Crippen molar-refractivity contribution in [2.75, 3.05) is 7.05 Å². The van der Waals surface area contributed by atoms with Gasteiger partial charge in [0.05, 0.1) is 12.6 Å². The van der Waals surface area contributed by atoms with E-state index in [0.717, 1.165) is 5.76 Å². The van der Waals surface area contributed by atoms with Gasteiger partial charge in [0.1, 0.15) is 5.76 Å². The van der Waals surface area contributed by atoms with Gasteiger partial charge < -0.3 is 15.1 Å². The molecule has 0 fully saturated rings. The summed E-state index contributed by atoms with van der Waals surface area (Å²) in [5, 5.41) is 0. The number of nitrogens with zero attached hydrogens (tertiary/aromatic N) is 1. The zero-order valence-electron chi connectivity index (χ0n) is 10.4. The summed E-state index contributed by atoms with van der Waals surface area (Å²) in [6.07, 6.45) is 0.699. The van der Waals surface area contributed by atoms with Crippen LogP contribution in [-0.4, -0.2) is 23.9 Å². The number of furan rings is 1. The van der Waals surface area contributed by atoms with Gasteiger partial charge in [0.15, 0.2) is 4.67 Å². The fourth-order valence-corrected chi connectivity index (χ4v) is 1.98. The maximum atomic E-state index is 11.9. The summed E-state index contributed by atoms with van der Waals surface area (Å²) in [6, 6.07) is 3.21. The minimum atomic E-state index is -0.432. The average molecular weight is 303 g/mol. The Hall–Kier alpha value is -0.810. The zero-order chi connectivity index (χ0) is 13.0. The molecular formula is C12H19BrN2O2. The molecule has 2 N–H and O–H groups in total. The Morgan fingerprint density at radius 2 is 2.18 bits per heavy atom. The lowest BCUT2D eigenvalue weighted by molar-refractivity contribution is -0.132. The largest absolute Gasteiger partial charge is 0.452 e. The lowest BCUT2D eigenvalue weighted by Crippen LogP contribution is -2.42. The van der Waals surface area contributed by atoms with E-state index in [0.29, 0.717) is 23.6 Å². The van der Waals surface area contributed by atoms with E-state index in [1.54, 1.807) is 11.9 Å². The Kier molecular flexibility index (Phi) is 5.21. The molecule has 0 spiro atoms. The van der Waals surface area contributed by atoms with E-state index in [2.05, 4.69) is 29.8 Å². The third kappa shape index (κ3) is 4.52. The zero-order valence-corrected chi connectivity index (χ0v) is 12.0. The average Bonchev–Trinajstić information content (AvgIpc) is 2.61. The first-order valence-electron chi connectivity index (χ1n) is 5.65. The molecule has 0 aliphatic carbocycles. The van der Waals surface area contributed by atoms with Gasteiger partial charge in [-0.1, -0.05) is 13.8 Å². The normalized spacial score (nSPS) is 12.8. The molecule has 1 aromatic heterocycles. The number of carbonyl (C=O) groups excluding carboxylic acids is 1. The Morgan fingerprint density at radius 1 is 1.53 bits per heavy atom. The van der Waals surface area contributed by atoms with Gasteiger partial charge in [0.2, 0.25) is 5.91 Å². The van der Waals surface area contributed by atoms with Gasteiger partial charge >= 0.3 is 0 Å². The number of hydrogen-bond acceptors (Lipinski definition) is 3. The van der Waals surface area contributed by atoms with E-state index in [9.17, 15) is 4.79 Å². The van der Waals surface area contributed by atoms with Crippen LogP contribution in [0, 0.1) is 5.92 Å². The number of rotatable bonds is 5. The van der Waals surface area contributed by atoms with Crippen LogP contribution >= 0.6 is 15.9 Å². The highest BCUT2D eigenvalue weighted by molar-refractivity contribution is 9.10. The fourth-order valence-electron chi connectivity index (χ4n) is 1.64. The monoisotopic (exact) mass is 302 g/mol. The quantitative estimate of drug-likeness (QED) is 0.908. The minimum absolute atomic E-state index is 0.0498. The number of likely N-dealkylation sites (N-methyl/N-ethyl adjacent to an activating group) is 1. The van der Waals surface area contributed by atoms with Crippen molar-refractivity contribution in [1.29, 1.82) is 0 Å². The predicted octanol–water partition coefficient (Wildman–Crippen LogP) is 2.37. The Balaban J connectivity index is 2.52. The van der Waals surface area contributed by atoms with Crippen LogP contribution in [-0.2, 0) is 11.3 Å². The van der Waals surface area contributed by atoms with E-state index in [1.807, 2.05) is 12.1 Å². The van der Waals surface area contributed by atoms with Gasteiger partial charge in [-0.05, 0) is 40.4 Å². The number of halogens is 1. The molecule has 0 radical (unpaired) electrons. The van der Waals surface area contributed by atoms with Crippen LogP contribution in [0.1, 0.15) is 26.0 Å². The van der Waals surface area contributed by atoms with Gasteiger partial charge in [0, 0.05) is 7.05 Å². The SMILES string of the molecule is CC(C)CC(N)C(=O)N(C)Cc1ccc(Br)o1. The summed E-state index contributed by atoms with van der Waals surface area (Å²) in [5.41, 5.74) is 5.85. The summed E-state index contributed by atoms with van der Waals surface area (Å²) < 4.78 is 6.01. The van der Waals surface area contributed by atoms with Crippen molar-refractivity contribution < 1.29 is 9.21 Å². The van der Waals surface area contributed by atoms with E-state index in [1.165, 1.54) is 0 Å². The van der Waals surface area contributed by atoms with E-state index >= 15 is 0 Å². The summed E-state index contributed by atoms with van der Waals surface area (Å²) in [5.74, 6) is 1.11. The van der Waals surface area contributed by atoms with Crippen LogP contribution < -0.4 is 5.73 Å². The standard InChI is InChI=1S/C12H19BrN2O2/c1-8(2)6-10(14)12(16)15(3)7-9-4-5-11(13)17-9/h4-5,8,10H,6-7,14H2,1-3H3. The fraction of sp³-hybridized carbons (Fsp3) is 0.583. The first-order valence-corrected chi connectivity index (χ1v) is 6.44. The lowest BCUT2D eigenvalue weighted by Gasteiger charge is -2.21. The van der Waals surface area contributed by atoms with E-state index < -0.39 is 6.04 Å². The van der Waals surface area contributed by atoms with Gasteiger partial charge in [0.25, 0.3) is 0 Å². The van der Waals surface area contributed by atoms with Crippen LogP contribution in [0.15, 0.2) is 21.2 Å². The first kappa shape index (κ1) is 14.3. The van der Waals surface area contributed by atoms with Crippen LogP contribution in [0.3, 0.4) is 0 Å². The maximum absolute atomic E-state index is 11.9. The molecule has 1 amide bonds. The second-order valence-corrected chi connectivity index (χ2v) is 5.42. The molecule has 1 atom stereocenters. The smallest absolute Gasteiger partial charge is 0.239 e. The molecule has 1 rings (SSSR count). The molecule has 96 valence electrons. The molecule has 0 saturated heterocycles. The summed E-state index contributed by atoms with van der Waals surface area (Å²) in [4.78, 5) is 13.5. The van der Waals surface area contributed by atoms with Crippen LogP contribution in [0.5, 0.6) is 0 Å². The molecule has 0 bridgehead atoms. The third-order valence-electron chi connectivity index (χ3n) is 2.44. The molecule has 0 aliphatic rings. The third-order valence-corrected chi connectivity index (χ3v) is 2.87. The predicted molar refractivity (Wildman–Crippen MR) is 70.3 cm³/mol. The maximum Gasteiger partial charge on any atom is 0.239 e. The Bertz CT molecular complexity index is 376. The van der Waals surface area contributed by atoms with Crippen LogP contribution in [0.4, 0.5) is 0 Å². The Morgan fingerprint density at radius 3 is 2.65 bits per heavy atom. The highest BCUT2D eigenvalue weighted by atomic mass is 79.9. The highest BCUT2D eigenvalue weighted by Gasteiger charge is 2.19. The van der Waals surface area contributed by atoms with Crippen LogP contribution in [0.25, 0.3) is 0 Å². The molecule has 0 aromatic carbocycles. The molecule has 0 saturated carbocycles. The molecule has 1 unspecified atom stereocenters. The molecule has 17 heavy (non-hydrogen) atoms. The van der Waals surface area contributed by atoms with Crippen molar-refractivity contribution >= 4 is 21.8 Å². The van der Waals surface area contributed by atoms with Crippen molar-refractivity contribution in [3.63, 3.8) is 0 Å². The molecule has 1 aromatic rings. The topological polar surface area (TPSA) is 59.5 Å². The highest BCUT2D eigenvalue weighted by Crippen LogP contribution is 2.16. The minimum Gasteiger partial charge on any atom is -0.452 e. The molecule has 4 nitrogen and oxygen atoms in total. The van der Waals surface area contributed by atoms with E-state index in [-0.39, 0.29) is 5.91 Å². The lowest BCUT2D eigenvalue weighted by atomic mass is 10.0. The van der Waals surface area contributed by atoms with Gasteiger partial charge in [-0.15, -0.1) is 0 Å². The summed E-state index contributed by atoms with van der Waals surface area (Å²) in [7, 11) is 1.74. The van der Waals surface area contributed by atoms with Crippen molar-refractivity contribution in [2.24, 2.45) is 11.7 Å². The first-order chi connectivity index (χ1) is 7.90. The number of carbonyl (C=O) groups is 1. The summed E-state index contributed by atoms with van der Waals surface area (Å²) >= 11 is 3.23.